The van der Waals surface area contributed by atoms with Crippen molar-refractivity contribution in [3.8, 4) is 55.9 Å². The molecule has 0 radical (unpaired) electrons. The van der Waals surface area contributed by atoms with Gasteiger partial charge in [0.2, 0.25) is 0 Å². The highest BCUT2D eigenvalue weighted by Crippen LogP contribution is 2.53. The van der Waals surface area contributed by atoms with Crippen LogP contribution in [0.1, 0.15) is 33.4 Å². The third kappa shape index (κ3) is 4.97. The van der Waals surface area contributed by atoms with E-state index < -0.39 is 0 Å². The van der Waals surface area contributed by atoms with E-state index in [1.54, 1.807) is 0 Å². The van der Waals surface area contributed by atoms with Crippen LogP contribution < -0.4 is 21.9 Å². The van der Waals surface area contributed by atoms with E-state index in [2.05, 4.69) is 254 Å². The average Bonchev–Trinajstić information content (AvgIpc) is 1.61. The molecule has 4 nitrogen and oxygen atoms in total. The molecule has 20 rings (SSSR count). The van der Waals surface area contributed by atoms with Gasteiger partial charge in [-0.05, 0) is 165 Å². The molecule has 82 heavy (non-hydrogen) atoms. The summed E-state index contributed by atoms with van der Waals surface area (Å²) in [6.07, 6.45) is 0. The number of rotatable bonds is 2. The van der Waals surface area contributed by atoms with Crippen LogP contribution in [0.25, 0.3) is 154 Å². The van der Waals surface area contributed by atoms with Crippen LogP contribution in [0.3, 0.4) is 0 Å². The highest BCUT2D eigenvalue weighted by Gasteiger charge is 2.47. The van der Waals surface area contributed by atoms with Crippen LogP contribution in [0.5, 0.6) is 0 Å². The SMILES string of the molecule is Cc1cc(C)c(-c2ccc3c(c2)-n2c4ccccc4c4c5ccccc5c5c(c42)B3n2c3c-5cccc3c3c2c2cccc4c2n3B2c3ccc(-c5c(C)cc(C)cc5C)cc3-n3c5ccccc5c5c6ccccc6c-4c2c53)c(C)c1. The molecule has 380 valence electrons. The number of para-hydroxylation sites is 4. The minimum Gasteiger partial charge on any atom is -0.374 e. The normalized spacial score (nSPS) is 13.4. The van der Waals surface area contributed by atoms with E-state index in [0.717, 1.165) is 0 Å². The van der Waals surface area contributed by atoms with Gasteiger partial charge in [0.05, 0.1) is 33.1 Å². The van der Waals surface area contributed by atoms with Crippen molar-refractivity contribution in [2.75, 3.05) is 0 Å². The monoisotopic (exact) mass is 1040 g/mol. The van der Waals surface area contributed by atoms with E-state index >= 15 is 0 Å². The molecule has 0 amide bonds. The molecule has 0 saturated heterocycles. The van der Waals surface area contributed by atoms with Gasteiger partial charge in [-0.25, -0.2) is 0 Å². The maximum atomic E-state index is 2.84. The van der Waals surface area contributed by atoms with E-state index in [4.69, 9.17) is 0 Å². The zero-order valence-corrected chi connectivity index (χ0v) is 46.4. The largest absolute Gasteiger partial charge is 0.374 e. The molecular formula is C76H50B2N4. The first-order chi connectivity index (χ1) is 40.2. The van der Waals surface area contributed by atoms with Gasteiger partial charge < -0.3 is 18.1 Å². The lowest BCUT2D eigenvalue weighted by atomic mass is 9.45. The number of aryl methyl sites for hydroxylation is 6. The van der Waals surface area contributed by atoms with Gasteiger partial charge in [0.1, 0.15) is 0 Å². The molecular weight excluding hydrogens is 990 g/mol. The summed E-state index contributed by atoms with van der Waals surface area (Å²) in [5, 5.41) is 13.1. The van der Waals surface area contributed by atoms with E-state index in [9.17, 15) is 0 Å². The van der Waals surface area contributed by atoms with Gasteiger partial charge >= 0.3 is 13.7 Å². The standard InChI is InChI=1S/C76H50B2N4/c1-39-33-41(3)63(42(4)34-39)45-29-31-57-61(37-45)79-59-27-13-11-21-51(59)67-49-19-9-7-17-47(49)65-53-23-15-25-55-71(53)81(77(57)69(65)75(67)79)73-56-26-16-24-54-66-48-18-8-10-20-50(48)68-52-22-12-14-28-60(52)80-62-38-46(64-43(5)35-40(2)36-44(64)6)30-32-58(62)78(70(66)76(68)80)82(72(54)56)74(55)73/h7-38H,1-6H3. The zero-order valence-electron chi connectivity index (χ0n) is 46.4. The predicted octanol–water partition coefficient (Wildman–Crippen LogP) is 16.3. The number of fused-ring (bicyclic) bond motifs is 27. The number of aromatic nitrogens is 4. The number of hydrogen-bond acceptors (Lipinski definition) is 0. The summed E-state index contributed by atoms with van der Waals surface area (Å²) >= 11 is 0. The Balaban J connectivity index is 0.979. The Kier molecular flexibility index (Phi) is 7.93. The van der Waals surface area contributed by atoms with Crippen LogP contribution >= 0.6 is 0 Å². The molecule has 16 aromatic rings. The smallest absolute Gasteiger partial charge is 0.333 e. The lowest BCUT2D eigenvalue weighted by molar-refractivity contribution is 1.18. The first-order valence-corrected chi connectivity index (χ1v) is 29.2. The molecule has 4 aliphatic heterocycles. The van der Waals surface area contributed by atoms with Crippen molar-refractivity contribution >= 4 is 134 Å². The summed E-state index contributed by atoms with van der Waals surface area (Å²) in [6, 6.07) is 75.8. The van der Waals surface area contributed by atoms with Gasteiger partial charge in [0.15, 0.2) is 0 Å². The molecule has 0 spiro atoms. The topological polar surface area (TPSA) is 19.7 Å². The molecule has 0 unspecified atom stereocenters. The molecule has 0 saturated carbocycles. The summed E-state index contributed by atoms with van der Waals surface area (Å²) < 4.78 is 11.0. The Hall–Kier alpha value is -9.77. The number of hydrogen-bond donors (Lipinski definition) is 0. The molecule has 0 bridgehead atoms. The van der Waals surface area contributed by atoms with Gasteiger partial charge in [-0.15, -0.1) is 0 Å². The number of nitrogens with zero attached hydrogens (tertiary/aromatic N) is 4. The lowest BCUT2D eigenvalue weighted by Gasteiger charge is -2.35. The molecule has 0 N–H and O–H groups in total. The minimum absolute atomic E-state index is 0.124. The summed E-state index contributed by atoms with van der Waals surface area (Å²) in [5.74, 6) is 0. The third-order valence-corrected chi connectivity index (χ3v) is 20.2. The third-order valence-electron chi connectivity index (χ3n) is 20.2. The van der Waals surface area contributed by atoms with Crippen LogP contribution in [-0.4, -0.2) is 31.8 Å². The van der Waals surface area contributed by atoms with Gasteiger partial charge in [0, 0.05) is 65.9 Å². The maximum absolute atomic E-state index is 2.84. The minimum atomic E-state index is -0.124. The van der Waals surface area contributed by atoms with E-state index in [-0.39, 0.29) is 13.7 Å². The lowest BCUT2D eigenvalue weighted by Crippen LogP contribution is -2.55. The Morgan fingerprint density at radius 3 is 1.07 bits per heavy atom. The van der Waals surface area contributed by atoms with Crippen molar-refractivity contribution in [1.82, 2.24) is 18.1 Å². The molecule has 0 aliphatic carbocycles. The Bertz CT molecular complexity index is 5390. The van der Waals surface area contributed by atoms with E-state index in [1.807, 2.05) is 0 Å². The molecule has 0 atom stereocenters. The molecule has 0 fully saturated rings. The van der Waals surface area contributed by atoms with Crippen molar-refractivity contribution in [1.29, 1.82) is 0 Å². The molecule has 6 heteroatoms. The summed E-state index contributed by atoms with van der Waals surface area (Å²) in [7, 11) is 0. The summed E-state index contributed by atoms with van der Waals surface area (Å²) in [5.41, 5.74) is 36.7. The van der Waals surface area contributed by atoms with Crippen molar-refractivity contribution in [3.63, 3.8) is 0 Å². The Labute approximate surface area is 473 Å². The van der Waals surface area contributed by atoms with Crippen molar-refractivity contribution in [2.24, 2.45) is 0 Å². The fourth-order valence-corrected chi connectivity index (χ4v) is 17.8. The summed E-state index contributed by atoms with van der Waals surface area (Å²) in [4.78, 5) is 0. The summed E-state index contributed by atoms with van der Waals surface area (Å²) in [6.45, 7) is 13.3. The molecule has 8 heterocycles. The van der Waals surface area contributed by atoms with Crippen LogP contribution in [0, 0.1) is 41.5 Å². The molecule has 4 aromatic heterocycles. The number of benzene rings is 12. The van der Waals surface area contributed by atoms with Crippen LogP contribution in [-0.2, 0) is 0 Å². The average molecular weight is 1040 g/mol. The van der Waals surface area contributed by atoms with Crippen molar-refractivity contribution in [3.05, 3.63) is 228 Å². The van der Waals surface area contributed by atoms with Crippen LogP contribution in [0.4, 0.5) is 0 Å². The second kappa shape index (κ2) is 14.8. The van der Waals surface area contributed by atoms with Gasteiger partial charge in [-0.3, -0.25) is 0 Å². The fourth-order valence-electron chi connectivity index (χ4n) is 17.8. The molecule has 12 aromatic carbocycles. The van der Waals surface area contributed by atoms with Crippen LogP contribution in [0.15, 0.2) is 194 Å². The predicted molar refractivity (Wildman–Crippen MR) is 350 cm³/mol. The van der Waals surface area contributed by atoms with Crippen molar-refractivity contribution in [2.45, 2.75) is 41.5 Å². The van der Waals surface area contributed by atoms with Crippen molar-refractivity contribution < 1.29 is 0 Å². The molecule has 4 aliphatic rings. The zero-order chi connectivity index (χ0) is 54.0. The second-order valence-corrected chi connectivity index (χ2v) is 24.6. The second-order valence-electron chi connectivity index (χ2n) is 24.6. The Morgan fingerprint density at radius 2 is 0.659 bits per heavy atom. The quantitative estimate of drug-likeness (QED) is 0.154. The highest BCUT2D eigenvalue weighted by molar-refractivity contribution is 6.92. The Morgan fingerprint density at radius 1 is 0.293 bits per heavy atom. The van der Waals surface area contributed by atoms with Gasteiger partial charge in [-0.2, -0.15) is 0 Å². The van der Waals surface area contributed by atoms with Gasteiger partial charge in [-0.1, -0.05) is 181 Å². The first-order valence-electron chi connectivity index (χ1n) is 29.2. The van der Waals surface area contributed by atoms with Gasteiger partial charge in [0.25, 0.3) is 0 Å². The fraction of sp³-hybridized carbons (Fsp3) is 0.0789. The highest BCUT2D eigenvalue weighted by atomic mass is 15.1. The van der Waals surface area contributed by atoms with E-state index in [0.29, 0.717) is 0 Å². The van der Waals surface area contributed by atoms with Crippen LogP contribution in [0.2, 0.25) is 0 Å². The maximum Gasteiger partial charge on any atom is 0.333 e. The first kappa shape index (κ1) is 44.0. The van der Waals surface area contributed by atoms with E-state index in [1.165, 1.54) is 209 Å².